The number of carbonyl (C=O) groups excluding carboxylic acids is 2. The van der Waals surface area contributed by atoms with E-state index < -0.39 is 24.8 Å². The van der Waals surface area contributed by atoms with Crippen molar-refractivity contribution >= 4 is 28.9 Å². The molecular weight excluding hydrogens is 368 g/mol. The maximum absolute atomic E-state index is 13.0. The monoisotopic (exact) mass is 381 g/mol. The zero-order valence-corrected chi connectivity index (χ0v) is 14.2. The van der Waals surface area contributed by atoms with Crippen molar-refractivity contribution in [2.24, 2.45) is 0 Å². The molecule has 26 heavy (non-hydrogen) atoms. The second kappa shape index (κ2) is 6.24. The Balaban J connectivity index is 1.32. The van der Waals surface area contributed by atoms with Gasteiger partial charge in [0.05, 0.1) is 0 Å². The number of rotatable bonds is 4. The molecule has 9 heteroatoms. The van der Waals surface area contributed by atoms with Crippen molar-refractivity contribution in [3.63, 3.8) is 0 Å². The first kappa shape index (κ1) is 16.8. The van der Waals surface area contributed by atoms with Gasteiger partial charge in [0.1, 0.15) is 4.88 Å². The fraction of sp³-hybridized carbons (Fsp3) is 0.294. The van der Waals surface area contributed by atoms with Crippen molar-refractivity contribution in [1.82, 2.24) is 0 Å². The number of benzene rings is 1. The second-order valence-electron chi connectivity index (χ2n) is 5.87. The van der Waals surface area contributed by atoms with Crippen molar-refractivity contribution in [3.8, 4) is 11.5 Å². The van der Waals surface area contributed by atoms with Crippen molar-refractivity contribution in [1.29, 1.82) is 0 Å². The molecule has 1 aromatic heterocycles. The Kier molecular flexibility index (Phi) is 4.03. The van der Waals surface area contributed by atoms with Gasteiger partial charge in [-0.15, -0.1) is 20.1 Å². The number of fused-ring (bicyclic) bond motifs is 2. The van der Waals surface area contributed by atoms with Crippen molar-refractivity contribution in [2.75, 3.05) is 11.9 Å². The van der Waals surface area contributed by atoms with E-state index in [-0.39, 0.29) is 17.2 Å². The summed E-state index contributed by atoms with van der Waals surface area (Å²) in [5.41, 5.74) is 1.39. The number of hydrogen-bond acceptors (Lipinski definition) is 6. The summed E-state index contributed by atoms with van der Waals surface area (Å²) in [5, 5.41) is 2.45. The first-order chi connectivity index (χ1) is 12.4. The number of anilines is 1. The van der Waals surface area contributed by atoms with E-state index >= 15 is 0 Å². The van der Waals surface area contributed by atoms with Crippen LogP contribution in [0.25, 0.3) is 0 Å². The van der Waals surface area contributed by atoms with E-state index in [1.54, 1.807) is 0 Å². The lowest BCUT2D eigenvalue weighted by atomic mass is 10.2. The van der Waals surface area contributed by atoms with Gasteiger partial charge < -0.3 is 19.5 Å². The SMILES string of the molecule is O=C(COC(=O)c1cc2c(s1)CCC2)Nc1ccc2c(c1)OC(F)(F)O2. The zero-order chi connectivity index (χ0) is 18.3. The highest BCUT2D eigenvalue weighted by molar-refractivity contribution is 7.14. The lowest BCUT2D eigenvalue weighted by molar-refractivity contribution is -0.286. The third kappa shape index (κ3) is 3.34. The molecule has 0 bridgehead atoms. The number of amides is 1. The molecule has 136 valence electrons. The summed E-state index contributed by atoms with van der Waals surface area (Å²) < 4.78 is 39.5. The van der Waals surface area contributed by atoms with Crippen LogP contribution in [0, 0.1) is 0 Å². The van der Waals surface area contributed by atoms with Crippen LogP contribution in [0.5, 0.6) is 11.5 Å². The van der Waals surface area contributed by atoms with E-state index in [2.05, 4.69) is 14.8 Å². The third-order valence-electron chi connectivity index (χ3n) is 3.97. The van der Waals surface area contributed by atoms with Gasteiger partial charge in [-0.2, -0.15) is 0 Å². The highest BCUT2D eigenvalue weighted by Crippen LogP contribution is 2.42. The number of ether oxygens (including phenoxy) is 3. The molecule has 0 fully saturated rings. The van der Waals surface area contributed by atoms with Gasteiger partial charge in [0.2, 0.25) is 0 Å². The Bertz CT molecular complexity index is 874. The molecule has 0 atom stereocenters. The molecule has 0 radical (unpaired) electrons. The molecule has 0 spiro atoms. The van der Waals surface area contributed by atoms with Crippen LogP contribution in [0.2, 0.25) is 0 Å². The predicted octanol–water partition coefficient (Wildman–Crippen LogP) is 3.35. The molecule has 2 heterocycles. The number of hydrogen-bond donors (Lipinski definition) is 1. The van der Waals surface area contributed by atoms with Crippen molar-refractivity contribution < 1.29 is 32.6 Å². The van der Waals surface area contributed by atoms with E-state index in [9.17, 15) is 18.4 Å². The van der Waals surface area contributed by atoms with Crippen LogP contribution >= 0.6 is 11.3 Å². The molecule has 2 aromatic rings. The summed E-state index contributed by atoms with van der Waals surface area (Å²) in [6.45, 7) is -0.480. The summed E-state index contributed by atoms with van der Waals surface area (Å²) in [4.78, 5) is 25.6. The molecule has 6 nitrogen and oxygen atoms in total. The van der Waals surface area contributed by atoms with Gasteiger partial charge in [0.15, 0.2) is 18.1 Å². The minimum atomic E-state index is -3.72. The summed E-state index contributed by atoms with van der Waals surface area (Å²) in [5.74, 6) is -1.44. The fourth-order valence-corrected chi connectivity index (χ4v) is 4.00. The first-order valence-corrected chi connectivity index (χ1v) is 8.70. The van der Waals surface area contributed by atoms with Gasteiger partial charge in [0.25, 0.3) is 5.91 Å². The molecule has 0 saturated heterocycles. The predicted molar refractivity (Wildman–Crippen MR) is 87.9 cm³/mol. The number of alkyl halides is 2. The summed E-state index contributed by atoms with van der Waals surface area (Å²) in [6, 6.07) is 5.66. The van der Waals surface area contributed by atoms with Crippen LogP contribution in [0.15, 0.2) is 24.3 Å². The lowest BCUT2D eigenvalue weighted by Crippen LogP contribution is -2.25. The minimum absolute atomic E-state index is 0.120. The van der Waals surface area contributed by atoms with E-state index in [4.69, 9.17) is 4.74 Å². The Morgan fingerprint density at radius 3 is 2.81 bits per heavy atom. The second-order valence-corrected chi connectivity index (χ2v) is 7.00. The maximum atomic E-state index is 13.0. The quantitative estimate of drug-likeness (QED) is 0.823. The smallest absolute Gasteiger partial charge is 0.451 e. The van der Waals surface area contributed by atoms with E-state index in [1.807, 2.05) is 6.07 Å². The normalized spacial score (nSPS) is 16.2. The molecule has 2 aliphatic rings. The van der Waals surface area contributed by atoms with Gasteiger partial charge in [-0.1, -0.05) is 0 Å². The van der Waals surface area contributed by atoms with Gasteiger partial charge in [-0.25, -0.2) is 4.79 Å². The third-order valence-corrected chi connectivity index (χ3v) is 5.18. The topological polar surface area (TPSA) is 73.9 Å². The molecule has 1 amide bonds. The largest absolute Gasteiger partial charge is 0.586 e. The molecule has 0 saturated carbocycles. The molecule has 1 N–H and O–H groups in total. The van der Waals surface area contributed by atoms with Crippen LogP contribution in [0.3, 0.4) is 0 Å². The molecule has 0 unspecified atom stereocenters. The minimum Gasteiger partial charge on any atom is -0.451 e. The summed E-state index contributed by atoms with van der Waals surface area (Å²) in [7, 11) is 0. The summed E-state index contributed by atoms with van der Waals surface area (Å²) in [6.07, 6.45) is -0.693. The Morgan fingerprint density at radius 1 is 1.19 bits per heavy atom. The van der Waals surface area contributed by atoms with Gasteiger partial charge in [-0.3, -0.25) is 4.79 Å². The standard InChI is InChI=1S/C17H13F2NO5S/c18-17(19)24-11-5-4-10(7-12(11)25-17)20-15(21)8-23-16(22)14-6-9-2-1-3-13(9)26-14/h4-7H,1-3,8H2,(H,20,21). The Hall–Kier alpha value is -2.68. The number of thiophene rings is 1. The van der Waals surface area contributed by atoms with Crippen molar-refractivity contribution in [3.05, 3.63) is 39.6 Å². The van der Waals surface area contributed by atoms with E-state index in [0.29, 0.717) is 4.88 Å². The number of esters is 1. The van der Waals surface area contributed by atoms with Gasteiger partial charge in [-0.05, 0) is 43.0 Å². The van der Waals surface area contributed by atoms with Crippen LogP contribution < -0.4 is 14.8 Å². The highest BCUT2D eigenvalue weighted by atomic mass is 32.1. The zero-order valence-electron chi connectivity index (χ0n) is 13.3. The van der Waals surface area contributed by atoms with Crippen LogP contribution in [0.4, 0.5) is 14.5 Å². The van der Waals surface area contributed by atoms with Gasteiger partial charge >= 0.3 is 12.3 Å². The molecular formula is C17H13F2NO5S. The van der Waals surface area contributed by atoms with Crippen LogP contribution in [-0.2, 0) is 22.4 Å². The first-order valence-electron chi connectivity index (χ1n) is 7.88. The van der Waals surface area contributed by atoms with Crippen LogP contribution in [-0.4, -0.2) is 24.8 Å². The average molecular weight is 381 g/mol. The number of nitrogens with one attached hydrogen (secondary N) is 1. The molecule has 1 aliphatic carbocycles. The highest BCUT2D eigenvalue weighted by Gasteiger charge is 2.43. The average Bonchev–Trinajstić information content (AvgIpc) is 3.23. The number of aryl methyl sites for hydroxylation is 2. The summed E-state index contributed by atoms with van der Waals surface area (Å²) >= 11 is 1.39. The number of carbonyl (C=O) groups is 2. The maximum Gasteiger partial charge on any atom is 0.586 e. The Labute approximate surface area is 150 Å². The Morgan fingerprint density at radius 2 is 2.00 bits per heavy atom. The molecule has 4 rings (SSSR count). The number of halogens is 2. The fourth-order valence-electron chi connectivity index (χ4n) is 2.86. The van der Waals surface area contributed by atoms with Crippen molar-refractivity contribution in [2.45, 2.75) is 25.6 Å². The van der Waals surface area contributed by atoms with Crippen LogP contribution in [0.1, 0.15) is 26.5 Å². The van der Waals surface area contributed by atoms with E-state index in [0.717, 1.165) is 19.3 Å². The van der Waals surface area contributed by atoms with E-state index in [1.165, 1.54) is 40.0 Å². The van der Waals surface area contributed by atoms with Gasteiger partial charge in [0, 0.05) is 16.6 Å². The molecule has 1 aliphatic heterocycles. The molecule has 1 aromatic carbocycles. The lowest BCUT2D eigenvalue weighted by Gasteiger charge is -2.06.